The monoisotopic (exact) mass is 405 g/mol. The van der Waals surface area contributed by atoms with Crippen LogP contribution in [0.5, 0.6) is 0 Å². The van der Waals surface area contributed by atoms with Crippen LogP contribution in [0.1, 0.15) is 38.7 Å². The van der Waals surface area contributed by atoms with Crippen molar-refractivity contribution in [2.75, 3.05) is 44.2 Å². The van der Waals surface area contributed by atoms with Crippen molar-refractivity contribution < 1.29 is 13.2 Å². The van der Waals surface area contributed by atoms with Crippen LogP contribution in [0.4, 0.5) is 5.69 Å². The summed E-state index contributed by atoms with van der Waals surface area (Å²) < 4.78 is 27.4. The maximum atomic E-state index is 12.9. The van der Waals surface area contributed by atoms with Crippen LogP contribution in [-0.4, -0.2) is 62.8 Å². The predicted molar refractivity (Wildman–Crippen MR) is 112 cm³/mol. The molecule has 0 aliphatic carbocycles. The smallest absolute Gasteiger partial charge is 0.243 e. The Balaban J connectivity index is 1.75. The molecule has 0 spiro atoms. The van der Waals surface area contributed by atoms with Crippen molar-refractivity contribution in [3.05, 3.63) is 35.9 Å². The standard InChI is InChI=1S/C21H31N3O3S/c1-4-22(15-17(2)3)16-21(25)24-13-10-18-14-19(8-9-20(18)24)28(26,27)23-11-6-5-7-12-23/h8-9,14H,2,4-7,10-13,15-16H2,1,3H3. The van der Waals surface area contributed by atoms with Gasteiger partial charge < -0.3 is 4.90 Å². The van der Waals surface area contributed by atoms with E-state index in [2.05, 4.69) is 11.5 Å². The normalized spacial score (nSPS) is 17.8. The zero-order chi connectivity index (χ0) is 20.3. The number of anilines is 1. The van der Waals surface area contributed by atoms with Gasteiger partial charge >= 0.3 is 0 Å². The molecule has 28 heavy (non-hydrogen) atoms. The van der Waals surface area contributed by atoms with Gasteiger partial charge in [0, 0.05) is 31.9 Å². The molecule has 154 valence electrons. The molecule has 1 aromatic carbocycles. The van der Waals surface area contributed by atoms with E-state index in [0.29, 0.717) is 44.0 Å². The summed E-state index contributed by atoms with van der Waals surface area (Å²) in [6, 6.07) is 5.21. The van der Waals surface area contributed by atoms with Gasteiger partial charge in [0.15, 0.2) is 0 Å². The Morgan fingerprint density at radius 2 is 1.86 bits per heavy atom. The van der Waals surface area contributed by atoms with E-state index in [1.54, 1.807) is 27.4 Å². The highest BCUT2D eigenvalue weighted by Crippen LogP contribution is 2.32. The van der Waals surface area contributed by atoms with E-state index in [1.165, 1.54) is 0 Å². The maximum Gasteiger partial charge on any atom is 0.243 e. The fourth-order valence-electron chi connectivity index (χ4n) is 3.99. The van der Waals surface area contributed by atoms with Gasteiger partial charge in [-0.25, -0.2) is 8.42 Å². The molecule has 0 saturated carbocycles. The molecule has 0 radical (unpaired) electrons. The molecule has 0 N–H and O–H groups in total. The summed E-state index contributed by atoms with van der Waals surface area (Å²) >= 11 is 0. The Morgan fingerprint density at radius 3 is 2.50 bits per heavy atom. The van der Waals surface area contributed by atoms with Gasteiger partial charge in [0.1, 0.15) is 0 Å². The molecule has 1 fully saturated rings. The van der Waals surface area contributed by atoms with Crippen LogP contribution < -0.4 is 4.90 Å². The summed E-state index contributed by atoms with van der Waals surface area (Å²) in [5.74, 6) is 0.0495. The summed E-state index contributed by atoms with van der Waals surface area (Å²) in [5, 5.41) is 0. The van der Waals surface area contributed by atoms with Crippen LogP contribution in [0.3, 0.4) is 0 Å². The van der Waals surface area contributed by atoms with Crippen molar-refractivity contribution >= 4 is 21.6 Å². The third kappa shape index (κ3) is 4.47. The lowest BCUT2D eigenvalue weighted by molar-refractivity contribution is -0.119. The van der Waals surface area contributed by atoms with Crippen molar-refractivity contribution in [1.29, 1.82) is 0 Å². The lowest BCUT2D eigenvalue weighted by Gasteiger charge is -2.26. The molecule has 1 saturated heterocycles. The van der Waals surface area contributed by atoms with Gasteiger partial charge in [0.05, 0.1) is 11.4 Å². The largest absolute Gasteiger partial charge is 0.311 e. The Kier molecular flexibility index (Phi) is 6.58. The molecule has 0 bridgehead atoms. The summed E-state index contributed by atoms with van der Waals surface area (Å²) in [7, 11) is -3.45. The third-order valence-corrected chi connectivity index (χ3v) is 7.39. The summed E-state index contributed by atoms with van der Waals surface area (Å²) in [5.41, 5.74) is 2.81. The van der Waals surface area contributed by atoms with Crippen LogP contribution in [0.15, 0.2) is 35.2 Å². The lowest BCUT2D eigenvalue weighted by Crippen LogP contribution is -2.40. The second kappa shape index (κ2) is 8.76. The van der Waals surface area contributed by atoms with Crippen molar-refractivity contribution in [2.45, 2.75) is 44.4 Å². The number of amides is 1. The number of likely N-dealkylation sites (N-methyl/N-ethyl adjacent to an activating group) is 1. The first-order chi connectivity index (χ1) is 13.3. The molecule has 0 atom stereocenters. The molecule has 2 heterocycles. The molecule has 0 aromatic heterocycles. The number of carbonyl (C=O) groups is 1. The molecule has 2 aliphatic rings. The molecule has 2 aliphatic heterocycles. The van der Waals surface area contributed by atoms with Gasteiger partial charge in [-0.1, -0.05) is 25.5 Å². The minimum absolute atomic E-state index is 0.0495. The van der Waals surface area contributed by atoms with E-state index in [-0.39, 0.29) is 5.91 Å². The number of rotatable bonds is 7. The number of hydrogen-bond donors (Lipinski definition) is 0. The molecule has 6 nitrogen and oxygen atoms in total. The van der Waals surface area contributed by atoms with E-state index < -0.39 is 10.0 Å². The van der Waals surface area contributed by atoms with Gasteiger partial charge in [-0.15, -0.1) is 0 Å². The van der Waals surface area contributed by atoms with Crippen molar-refractivity contribution in [2.24, 2.45) is 0 Å². The molecular formula is C21H31N3O3S. The highest BCUT2D eigenvalue weighted by Gasteiger charge is 2.30. The third-order valence-electron chi connectivity index (χ3n) is 5.50. The summed E-state index contributed by atoms with van der Waals surface area (Å²) in [4.78, 5) is 17.0. The molecule has 1 aromatic rings. The molecule has 0 unspecified atom stereocenters. The quantitative estimate of drug-likeness (QED) is 0.655. The summed E-state index contributed by atoms with van der Waals surface area (Å²) in [6.07, 6.45) is 3.62. The Morgan fingerprint density at radius 1 is 1.14 bits per heavy atom. The Labute approximate surface area is 168 Å². The molecule has 1 amide bonds. The zero-order valence-electron chi connectivity index (χ0n) is 17.0. The number of piperidine rings is 1. The highest BCUT2D eigenvalue weighted by molar-refractivity contribution is 7.89. The fraction of sp³-hybridized carbons (Fsp3) is 0.571. The number of benzene rings is 1. The van der Waals surface area contributed by atoms with Crippen LogP contribution >= 0.6 is 0 Å². The van der Waals surface area contributed by atoms with Crippen LogP contribution in [0.2, 0.25) is 0 Å². The van der Waals surface area contributed by atoms with Crippen LogP contribution in [0, 0.1) is 0 Å². The van der Waals surface area contributed by atoms with Crippen molar-refractivity contribution in [3.8, 4) is 0 Å². The van der Waals surface area contributed by atoms with Crippen molar-refractivity contribution in [1.82, 2.24) is 9.21 Å². The zero-order valence-corrected chi connectivity index (χ0v) is 17.8. The molecule has 3 rings (SSSR count). The van der Waals surface area contributed by atoms with Gasteiger partial charge in [-0.05, 0) is 56.5 Å². The summed E-state index contributed by atoms with van der Waals surface area (Å²) in [6.45, 7) is 11.6. The number of fused-ring (bicyclic) bond motifs is 1. The van der Waals surface area contributed by atoms with E-state index in [4.69, 9.17) is 0 Å². The van der Waals surface area contributed by atoms with E-state index >= 15 is 0 Å². The number of sulfonamides is 1. The second-order valence-electron chi connectivity index (χ2n) is 7.81. The number of hydrogen-bond acceptors (Lipinski definition) is 4. The topological polar surface area (TPSA) is 60.9 Å². The van der Waals surface area contributed by atoms with E-state index in [0.717, 1.165) is 42.6 Å². The van der Waals surface area contributed by atoms with E-state index in [9.17, 15) is 13.2 Å². The van der Waals surface area contributed by atoms with E-state index in [1.807, 2.05) is 13.8 Å². The second-order valence-corrected chi connectivity index (χ2v) is 9.75. The average Bonchev–Trinajstić information content (AvgIpc) is 3.11. The predicted octanol–water partition coefficient (Wildman–Crippen LogP) is 2.65. The van der Waals surface area contributed by atoms with Crippen LogP contribution in [0.25, 0.3) is 0 Å². The van der Waals surface area contributed by atoms with Gasteiger partial charge in [-0.2, -0.15) is 4.31 Å². The van der Waals surface area contributed by atoms with Crippen molar-refractivity contribution in [3.63, 3.8) is 0 Å². The van der Waals surface area contributed by atoms with Gasteiger partial charge in [0.2, 0.25) is 15.9 Å². The SMILES string of the molecule is C=C(C)CN(CC)CC(=O)N1CCc2cc(S(=O)(=O)N3CCCCC3)ccc21. The minimum Gasteiger partial charge on any atom is -0.311 e. The van der Waals surface area contributed by atoms with Gasteiger partial charge in [0.25, 0.3) is 0 Å². The van der Waals surface area contributed by atoms with Gasteiger partial charge in [-0.3, -0.25) is 9.69 Å². The maximum absolute atomic E-state index is 12.9. The Bertz CT molecular complexity index is 844. The number of carbonyl (C=O) groups excluding carboxylic acids is 1. The highest BCUT2D eigenvalue weighted by atomic mass is 32.2. The lowest BCUT2D eigenvalue weighted by atomic mass is 10.2. The minimum atomic E-state index is -3.45. The first-order valence-corrected chi connectivity index (χ1v) is 11.6. The molecule has 7 heteroatoms. The average molecular weight is 406 g/mol. The first-order valence-electron chi connectivity index (χ1n) is 10.1. The Hall–Kier alpha value is -1.70. The fourth-order valence-corrected chi connectivity index (χ4v) is 5.56. The van der Waals surface area contributed by atoms with Crippen LogP contribution in [-0.2, 0) is 21.2 Å². The first kappa shape index (κ1) is 21.0. The molecular weight excluding hydrogens is 374 g/mol. The number of nitrogens with zero attached hydrogens (tertiary/aromatic N) is 3.